The Bertz CT molecular complexity index is 684. The second kappa shape index (κ2) is 5.75. The highest BCUT2D eigenvalue weighted by molar-refractivity contribution is 5.89. The molecule has 0 saturated heterocycles. The molecule has 0 aliphatic carbocycles. The van der Waals surface area contributed by atoms with E-state index in [9.17, 15) is 10.1 Å². The molecule has 0 bridgehead atoms. The van der Waals surface area contributed by atoms with Crippen LogP contribution in [0.5, 0.6) is 0 Å². The van der Waals surface area contributed by atoms with E-state index in [1.54, 1.807) is 23.1 Å². The zero-order chi connectivity index (χ0) is 15.5. The number of esters is 1. The van der Waals surface area contributed by atoms with Crippen LogP contribution in [0.25, 0.3) is 0 Å². The van der Waals surface area contributed by atoms with E-state index in [1.165, 1.54) is 13.4 Å². The lowest BCUT2D eigenvalue weighted by Crippen LogP contribution is -2.16. The molecule has 0 saturated carbocycles. The van der Waals surface area contributed by atoms with Gasteiger partial charge in [0.05, 0.1) is 30.7 Å². The number of ether oxygens (including phenoxy) is 1. The molecule has 2 aromatic rings. The maximum absolute atomic E-state index is 11.8. The number of benzene rings is 1. The maximum Gasteiger partial charge on any atom is 0.337 e. The quantitative estimate of drug-likeness (QED) is 0.801. The lowest BCUT2D eigenvalue weighted by molar-refractivity contribution is 0.0600. The van der Waals surface area contributed by atoms with Crippen LogP contribution in [0.4, 0.5) is 0 Å². The number of carbonyl (C=O) groups excluding carboxylic acids is 1. The third-order valence-electron chi connectivity index (χ3n) is 3.23. The van der Waals surface area contributed by atoms with Crippen molar-refractivity contribution in [3.05, 3.63) is 47.5 Å². The number of hydrogen-bond acceptors (Lipinski definition) is 5. The van der Waals surface area contributed by atoms with Gasteiger partial charge in [-0.15, -0.1) is 0 Å². The summed E-state index contributed by atoms with van der Waals surface area (Å²) in [5, 5.41) is 13.3. The molecule has 1 aromatic carbocycles. The molecule has 0 amide bonds. The average Bonchev–Trinajstić information content (AvgIpc) is 2.98. The fourth-order valence-corrected chi connectivity index (χ4v) is 1.95. The van der Waals surface area contributed by atoms with Gasteiger partial charge < -0.3 is 4.74 Å². The Morgan fingerprint density at radius 1 is 1.43 bits per heavy atom. The fraction of sp³-hybridized carbons (Fsp3) is 0.333. The van der Waals surface area contributed by atoms with Crippen LogP contribution in [0.1, 0.15) is 35.3 Å². The largest absolute Gasteiger partial charge is 0.465 e. The third kappa shape index (κ3) is 3.26. The number of methoxy groups -OCH3 is 1. The zero-order valence-corrected chi connectivity index (χ0v) is 12.2. The van der Waals surface area contributed by atoms with E-state index in [1.807, 2.05) is 19.9 Å². The average molecular weight is 284 g/mol. The first-order chi connectivity index (χ1) is 9.96. The number of hydrogen-bond donors (Lipinski definition) is 0. The van der Waals surface area contributed by atoms with Gasteiger partial charge in [-0.25, -0.2) is 14.5 Å². The van der Waals surface area contributed by atoms with Crippen LogP contribution in [0.3, 0.4) is 0 Å². The predicted octanol–water partition coefficient (Wildman–Crippen LogP) is 1.91. The normalized spacial score (nSPS) is 11.0. The molecule has 1 heterocycles. The molecule has 0 aliphatic heterocycles. The minimum absolute atomic E-state index is 0.424. The molecule has 0 aliphatic rings. The molecular weight excluding hydrogens is 268 g/mol. The highest BCUT2D eigenvalue weighted by Gasteiger charge is 2.22. The third-order valence-corrected chi connectivity index (χ3v) is 3.23. The summed E-state index contributed by atoms with van der Waals surface area (Å²) in [4.78, 5) is 15.7. The number of rotatable bonds is 4. The first kappa shape index (κ1) is 14.7. The van der Waals surface area contributed by atoms with E-state index in [0.717, 1.165) is 11.1 Å². The first-order valence-electron chi connectivity index (χ1n) is 6.42. The van der Waals surface area contributed by atoms with Crippen LogP contribution in [0.15, 0.2) is 30.9 Å². The minimum Gasteiger partial charge on any atom is -0.465 e. The molecule has 0 fully saturated rings. The Hall–Kier alpha value is -2.68. The maximum atomic E-state index is 11.8. The van der Waals surface area contributed by atoms with Crippen molar-refractivity contribution in [1.82, 2.24) is 14.8 Å². The Morgan fingerprint density at radius 2 is 2.19 bits per heavy atom. The lowest BCUT2D eigenvalue weighted by Gasteiger charge is -2.18. The molecule has 0 spiro atoms. The van der Waals surface area contributed by atoms with Crippen molar-refractivity contribution in [3.63, 3.8) is 0 Å². The highest BCUT2D eigenvalue weighted by Crippen LogP contribution is 2.25. The molecule has 0 N–H and O–H groups in total. The van der Waals surface area contributed by atoms with Gasteiger partial charge in [-0.2, -0.15) is 10.4 Å². The smallest absolute Gasteiger partial charge is 0.337 e. The summed E-state index contributed by atoms with van der Waals surface area (Å²) in [6, 6.07) is 7.58. The summed E-state index contributed by atoms with van der Waals surface area (Å²) in [5.74, 6) is -0.426. The monoisotopic (exact) mass is 284 g/mol. The van der Waals surface area contributed by atoms with E-state index >= 15 is 0 Å². The number of aromatic nitrogens is 3. The van der Waals surface area contributed by atoms with Crippen LogP contribution < -0.4 is 0 Å². The van der Waals surface area contributed by atoms with E-state index in [0.29, 0.717) is 12.1 Å². The molecular formula is C15H16N4O2. The number of nitriles is 1. The molecule has 21 heavy (non-hydrogen) atoms. The van der Waals surface area contributed by atoms with Crippen LogP contribution in [-0.4, -0.2) is 27.8 Å². The molecule has 6 nitrogen and oxygen atoms in total. The van der Waals surface area contributed by atoms with Crippen molar-refractivity contribution < 1.29 is 9.53 Å². The second-order valence-corrected chi connectivity index (χ2v) is 5.24. The molecule has 108 valence electrons. The Balaban J connectivity index is 2.47. The standard InChI is InChI=1S/C15H16N4O2/c1-15(2,8-16)13-5-11(7-19-10-17-9-18-19)4-12(6-13)14(20)21-3/h4-6,9-10H,7H2,1-3H3. The highest BCUT2D eigenvalue weighted by atomic mass is 16.5. The van der Waals surface area contributed by atoms with Gasteiger partial charge in [0.2, 0.25) is 0 Å². The van der Waals surface area contributed by atoms with Crippen LogP contribution in [0.2, 0.25) is 0 Å². The van der Waals surface area contributed by atoms with Crippen LogP contribution in [0, 0.1) is 11.3 Å². The molecule has 1 aromatic heterocycles. The van der Waals surface area contributed by atoms with Crippen molar-refractivity contribution in [2.24, 2.45) is 0 Å². The topological polar surface area (TPSA) is 80.8 Å². The summed E-state index contributed by atoms with van der Waals surface area (Å²) in [6.45, 7) is 4.09. The fourth-order valence-electron chi connectivity index (χ4n) is 1.95. The van der Waals surface area contributed by atoms with Gasteiger partial charge in [0.25, 0.3) is 0 Å². The molecule has 0 unspecified atom stereocenters. The van der Waals surface area contributed by atoms with Crippen molar-refractivity contribution in [1.29, 1.82) is 5.26 Å². The van der Waals surface area contributed by atoms with Gasteiger partial charge in [0.1, 0.15) is 12.7 Å². The van der Waals surface area contributed by atoms with Crippen molar-refractivity contribution >= 4 is 5.97 Å². The summed E-state index contributed by atoms with van der Waals surface area (Å²) in [7, 11) is 1.33. The summed E-state index contributed by atoms with van der Waals surface area (Å²) >= 11 is 0. The lowest BCUT2D eigenvalue weighted by atomic mass is 9.84. The van der Waals surface area contributed by atoms with Crippen molar-refractivity contribution in [2.75, 3.05) is 7.11 Å². The summed E-state index contributed by atoms with van der Waals surface area (Å²) < 4.78 is 6.42. The van der Waals surface area contributed by atoms with Gasteiger partial charge in [-0.05, 0) is 37.1 Å². The van der Waals surface area contributed by atoms with E-state index in [2.05, 4.69) is 16.2 Å². The molecule has 2 rings (SSSR count). The Kier molecular flexibility index (Phi) is 4.03. The predicted molar refractivity (Wildman–Crippen MR) is 75.5 cm³/mol. The first-order valence-corrected chi connectivity index (χ1v) is 6.42. The van der Waals surface area contributed by atoms with Gasteiger partial charge in [-0.3, -0.25) is 0 Å². The minimum atomic E-state index is -0.693. The Labute approximate surface area is 123 Å². The molecule has 6 heteroatoms. The van der Waals surface area contributed by atoms with Gasteiger partial charge >= 0.3 is 5.97 Å². The summed E-state index contributed by atoms with van der Waals surface area (Å²) in [6.07, 6.45) is 3.05. The van der Waals surface area contributed by atoms with E-state index in [4.69, 9.17) is 4.74 Å². The van der Waals surface area contributed by atoms with Crippen molar-refractivity contribution in [2.45, 2.75) is 25.8 Å². The molecule has 0 atom stereocenters. The number of nitrogens with zero attached hydrogens (tertiary/aromatic N) is 4. The van der Waals surface area contributed by atoms with Gasteiger partial charge in [0.15, 0.2) is 0 Å². The second-order valence-electron chi connectivity index (χ2n) is 5.24. The van der Waals surface area contributed by atoms with E-state index in [-0.39, 0.29) is 0 Å². The zero-order valence-electron chi connectivity index (χ0n) is 12.2. The van der Waals surface area contributed by atoms with Crippen LogP contribution >= 0.6 is 0 Å². The van der Waals surface area contributed by atoms with Crippen molar-refractivity contribution in [3.8, 4) is 6.07 Å². The summed E-state index contributed by atoms with van der Waals surface area (Å²) in [5.41, 5.74) is 1.36. The Morgan fingerprint density at radius 3 is 2.76 bits per heavy atom. The van der Waals surface area contributed by atoms with E-state index < -0.39 is 11.4 Å². The van der Waals surface area contributed by atoms with Gasteiger partial charge in [0, 0.05) is 0 Å². The SMILES string of the molecule is COC(=O)c1cc(Cn2cncn2)cc(C(C)(C)C#N)c1. The van der Waals surface area contributed by atoms with Crippen LogP contribution in [-0.2, 0) is 16.7 Å². The molecule has 0 radical (unpaired) electrons. The number of carbonyl (C=O) groups is 1. The van der Waals surface area contributed by atoms with Gasteiger partial charge in [-0.1, -0.05) is 6.07 Å².